The highest BCUT2D eigenvalue weighted by atomic mass is 31.2. The fraction of sp³-hybridized carbons (Fsp3) is 0.705. The van der Waals surface area contributed by atoms with Gasteiger partial charge in [-0.25, -0.2) is 4.57 Å². The van der Waals surface area contributed by atoms with E-state index in [1.54, 1.807) is 0 Å². The van der Waals surface area contributed by atoms with Crippen LogP contribution in [0.4, 0.5) is 0 Å². The number of rotatable bonds is 50. The molecule has 0 fully saturated rings. The summed E-state index contributed by atoms with van der Waals surface area (Å²) in [6, 6.07) is -0.886. The lowest BCUT2D eigenvalue weighted by molar-refractivity contribution is -0.870. The van der Waals surface area contributed by atoms with Crippen LogP contribution in [-0.4, -0.2) is 74.3 Å². The summed E-state index contributed by atoms with van der Waals surface area (Å²) in [6.07, 6.45) is 66.9. The number of quaternary nitrogens is 1. The Kier molecular flexibility index (Phi) is 48.3. The molecule has 0 aromatic rings. The number of carbonyl (C=O) groups is 2. The first kappa shape index (κ1) is 67.9. The van der Waals surface area contributed by atoms with Crippen LogP contribution < -0.4 is 5.32 Å². The van der Waals surface area contributed by atoms with E-state index in [1.807, 2.05) is 33.3 Å². The molecule has 408 valence electrons. The minimum absolute atomic E-state index is 0.0226. The van der Waals surface area contributed by atoms with Gasteiger partial charge in [0.25, 0.3) is 0 Å². The molecule has 0 bridgehead atoms. The minimum atomic E-state index is -4.47. The second-order valence-corrected chi connectivity index (χ2v) is 21.6. The van der Waals surface area contributed by atoms with Crippen molar-refractivity contribution in [3.8, 4) is 0 Å². The van der Waals surface area contributed by atoms with E-state index in [4.69, 9.17) is 13.8 Å². The van der Waals surface area contributed by atoms with Gasteiger partial charge in [0.05, 0.1) is 33.8 Å². The number of allylic oxidation sites excluding steroid dienone is 15. The van der Waals surface area contributed by atoms with Gasteiger partial charge in [-0.1, -0.05) is 202 Å². The SMILES string of the molecule is CCCCC/C=C\C/C=C\C/C=C\C/C=C\CCCC(=O)OC(/C=C/CCCCCCCCCCC)C(COP(=O)(O)OCC[N+](C)(C)C)NC(=O)CCCCCC/C=C\C/C=C\C/C=C\CCCCC. The third-order valence-corrected chi connectivity index (χ3v) is 13.0. The van der Waals surface area contributed by atoms with E-state index in [0.29, 0.717) is 30.3 Å². The standard InChI is InChI=1S/C61H107N2O7P/c1-7-10-13-16-19-22-25-27-29-31-33-35-38-41-44-47-50-53-60(64)62-58(57-69-71(66,67)68-56-55-63(4,5)6)59(52-49-46-43-40-37-24-21-18-15-12-9-3)70-61(65)54-51-48-45-42-39-36-34-32-30-28-26-23-20-17-14-11-8-2/h19-20,22-23,27-30,33-36,42,45,49,52,58-59H,7-18,21,24-26,31-32,37-41,43-44,46-48,50-51,53-57H2,1-6H3,(H-,62,64,66,67)/p+1/b22-19-,23-20-,29-27-,30-28-,35-33-,36-34-,45-42-,52-49+. The van der Waals surface area contributed by atoms with Gasteiger partial charge in [0.2, 0.25) is 5.91 Å². The number of carbonyl (C=O) groups excluding carboxylic acids is 2. The van der Waals surface area contributed by atoms with E-state index in [-0.39, 0.29) is 31.5 Å². The van der Waals surface area contributed by atoms with E-state index in [9.17, 15) is 19.0 Å². The molecule has 9 nitrogen and oxygen atoms in total. The Morgan fingerprint density at radius 3 is 1.34 bits per heavy atom. The average molecular weight is 1010 g/mol. The lowest BCUT2D eigenvalue weighted by Crippen LogP contribution is -2.47. The predicted octanol–water partition coefficient (Wildman–Crippen LogP) is 17.2. The van der Waals surface area contributed by atoms with Crippen molar-refractivity contribution in [3.05, 3.63) is 97.2 Å². The highest BCUT2D eigenvalue weighted by Gasteiger charge is 2.30. The van der Waals surface area contributed by atoms with Crippen LogP contribution in [0.3, 0.4) is 0 Å². The molecule has 0 spiro atoms. The second kappa shape index (κ2) is 50.5. The van der Waals surface area contributed by atoms with Gasteiger partial charge in [-0.3, -0.25) is 18.6 Å². The molecule has 0 radical (unpaired) electrons. The van der Waals surface area contributed by atoms with E-state index >= 15 is 0 Å². The quantitative estimate of drug-likeness (QED) is 0.0205. The number of nitrogens with zero attached hydrogens (tertiary/aromatic N) is 1. The van der Waals surface area contributed by atoms with Gasteiger partial charge in [-0.05, 0) is 109 Å². The first-order valence-electron chi connectivity index (χ1n) is 28.6. The van der Waals surface area contributed by atoms with Gasteiger partial charge in [-0.2, -0.15) is 0 Å². The maximum Gasteiger partial charge on any atom is 0.472 e. The van der Waals surface area contributed by atoms with Crippen molar-refractivity contribution >= 4 is 19.7 Å². The van der Waals surface area contributed by atoms with Crippen molar-refractivity contribution in [3.63, 3.8) is 0 Å². The number of nitrogens with one attached hydrogen (secondary N) is 1. The van der Waals surface area contributed by atoms with Crippen LogP contribution in [0, 0.1) is 0 Å². The monoisotopic (exact) mass is 1010 g/mol. The van der Waals surface area contributed by atoms with Crippen molar-refractivity contribution in [1.82, 2.24) is 5.32 Å². The van der Waals surface area contributed by atoms with E-state index in [2.05, 4.69) is 111 Å². The Bertz CT molecular complexity index is 1540. The lowest BCUT2D eigenvalue weighted by atomic mass is 10.1. The largest absolute Gasteiger partial charge is 0.472 e. The molecule has 71 heavy (non-hydrogen) atoms. The summed E-state index contributed by atoms with van der Waals surface area (Å²) >= 11 is 0. The first-order valence-corrected chi connectivity index (χ1v) is 30.1. The van der Waals surface area contributed by atoms with Gasteiger partial charge in [0.1, 0.15) is 19.3 Å². The molecular weight excluding hydrogens is 904 g/mol. The molecular formula is C61H108N2O7P+. The fourth-order valence-corrected chi connectivity index (χ4v) is 8.26. The zero-order valence-corrected chi connectivity index (χ0v) is 47.3. The first-order chi connectivity index (χ1) is 34.4. The van der Waals surface area contributed by atoms with Crippen LogP contribution in [0.5, 0.6) is 0 Å². The molecule has 0 aliphatic carbocycles. The van der Waals surface area contributed by atoms with Crippen molar-refractivity contribution < 1.29 is 37.3 Å². The highest BCUT2D eigenvalue weighted by Crippen LogP contribution is 2.43. The third-order valence-electron chi connectivity index (χ3n) is 12.0. The van der Waals surface area contributed by atoms with Gasteiger partial charge in [0, 0.05) is 12.8 Å². The van der Waals surface area contributed by atoms with E-state index in [1.165, 1.54) is 96.3 Å². The summed E-state index contributed by atoms with van der Waals surface area (Å²) in [5.74, 6) is -0.603. The van der Waals surface area contributed by atoms with Crippen molar-refractivity contribution in [1.29, 1.82) is 0 Å². The summed E-state index contributed by atoms with van der Waals surface area (Å²) in [6.45, 7) is 6.87. The molecule has 2 N–H and O–H groups in total. The van der Waals surface area contributed by atoms with Gasteiger partial charge < -0.3 is 19.4 Å². The van der Waals surface area contributed by atoms with Gasteiger partial charge >= 0.3 is 13.8 Å². The zero-order chi connectivity index (χ0) is 52.2. The smallest absolute Gasteiger partial charge is 0.456 e. The number of amides is 1. The molecule has 1 amide bonds. The Morgan fingerprint density at radius 2 is 0.873 bits per heavy atom. The normalized spacial score (nSPS) is 14.5. The molecule has 0 saturated heterocycles. The summed E-state index contributed by atoms with van der Waals surface area (Å²) in [5, 5.41) is 3.02. The Morgan fingerprint density at radius 1 is 0.493 bits per heavy atom. The second-order valence-electron chi connectivity index (χ2n) is 20.1. The number of phosphoric acid groups is 1. The molecule has 0 saturated carbocycles. The van der Waals surface area contributed by atoms with Crippen LogP contribution in [0.25, 0.3) is 0 Å². The lowest BCUT2D eigenvalue weighted by Gasteiger charge is -2.27. The van der Waals surface area contributed by atoms with Gasteiger partial charge in [-0.15, -0.1) is 0 Å². The van der Waals surface area contributed by atoms with Crippen LogP contribution in [0.2, 0.25) is 0 Å². The Balaban J connectivity index is 5.47. The number of ether oxygens (including phenoxy) is 1. The number of hydrogen-bond donors (Lipinski definition) is 2. The number of unbranched alkanes of at least 4 members (excludes halogenated alkanes) is 20. The molecule has 0 aliphatic heterocycles. The number of likely N-dealkylation sites (N-methyl/N-ethyl adjacent to an activating group) is 1. The predicted molar refractivity (Wildman–Crippen MR) is 304 cm³/mol. The molecule has 0 aromatic heterocycles. The maximum atomic E-state index is 13.5. The Hall–Kier alpha value is -3.07. The van der Waals surface area contributed by atoms with E-state index in [0.717, 1.165) is 83.5 Å². The molecule has 0 rings (SSSR count). The minimum Gasteiger partial charge on any atom is -0.456 e. The van der Waals surface area contributed by atoms with Crippen LogP contribution in [0.15, 0.2) is 97.2 Å². The summed E-state index contributed by atoms with van der Waals surface area (Å²) < 4.78 is 30.5. The summed E-state index contributed by atoms with van der Waals surface area (Å²) in [5.41, 5.74) is 0. The maximum absolute atomic E-state index is 13.5. The van der Waals surface area contributed by atoms with E-state index < -0.39 is 20.0 Å². The fourth-order valence-electron chi connectivity index (χ4n) is 7.53. The molecule has 10 heteroatoms. The molecule has 3 unspecified atom stereocenters. The van der Waals surface area contributed by atoms with Crippen molar-refractivity contribution in [2.24, 2.45) is 0 Å². The molecule has 0 aromatic carbocycles. The molecule has 0 heterocycles. The number of phosphoric ester groups is 1. The molecule has 3 atom stereocenters. The average Bonchev–Trinajstić information content (AvgIpc) is 3.33. The number of esters is 1. The van der Waals surface area contributed by atoms with Crippen LogP contribution in [0.1, 0.15) is 226 Å². The van der Waals surface area contributed by atoms with Crippen molar-refractivity contribution in [2.45, 2.75) is 238 Å². The Labute approximate surface area is 437 Å². The topological polar surface area (TPSA) is 111 Å². The van der Waals surface area contributed by atoms with Crippen LogP contribution >= 0.6 is 7.82 Å². The van der Waals surface area contributed by atoms with Crippen molar-refractivity contribution in [2.75, 3.05) is 40.9 Å². The number of hydrogen-bond acceptors (Lipinski definition) is 6. The molecule has 0 aliphatic rings. The zero-order valence-electron chi connectivity index (χ0n) is 46.4. The summed E-state index contributed by atoms with van der Waals surface area (Å²) in [4.78, 5) is 37.5. The van der Waals surface area contributed by atoms with Crippen LogP contribution in [-0.2, 0) is 27.9 Å². The highest BCUT2D eigenvalue weighted by molar-refractivity contribution is 7.47. The van der Waals surface area contributed by atoms with Gasteiger partial charge in [0.15, 0.2) is 0 Å². The third kappa shape index (κ3) is 51.6. The summed E-state index contributed by atoms with van der Waals surface area (Å²) in [7, 11) is 1.44.